The normalized spacial score (nSPS) is 24.6. The predicted molar refractivity (Wildman–Crippen MR) is 80.4 cm³/mol. The van der Waals surface area contributed by atoms with Gasteiger partial charge in [-0.1, -0.05) is 6.07 Å². The smallest absolute Gasteiger partial charge is 0.264 e. The third kappa shape index (κ3) is 2.77. The van der Waals surface area contributed by atoms with Crippen LogP contribution < -0.4 is 4.74 Å². The van der Waals surface area contributed by atoms with Gasteiger partial charge in [0.25, 0.3) is 5.91 Å². The quantitative estimate of drug-likeness (QED) is 0.904. The number of benzene rings is 1. The van der Waals surface area contributed by atoms with E-state index in [0.29, 0.717) is 13.0 Å². The van der Waals surface area contributed by atoms with Crippen LogP contribution in [0.3, 0.4) is 0 Å². The van der Waals surface area contributed by atoms with Gasteiger partial charge in [0.05, 0.1) is 0 Å². The number of fused-ring (bicyclic) bond motifs is 1. The van der Waals surface area contributed by atoms with Crippen LogP contribution in [0, 0.1) is 19.8 Å². The van der Waals surface area contributed by atoms with Gasteiger partial charge >= 0.3 is 0 Å². The van der Waals surface area contributed by atoms with Gasteiger partial charge in [0.15, 0.2) is 6.10 Å². The van der Waals surface area contributed by atoms with Crippen molar-refractivity contribution in [2.45, 2.75) is 39.2 Å². The zero-order valence-corrected chi connectivity index (χ0v) is 12.8. The molecular formula is C17H23NO3. The number of carbonyl (C=O) groups excluding carboxylic acids is 1. The van der Waals surface area contributed by atoms with Crippen molar-refractivity contribution in [2.24, 2.45) is 5.92 Å². The number of aliphatic hydroxyl groups is 1. The zero-order chi connectivity index (χ0) is 15.0. The second-order valence-electron chi connectivity index (χ2n) is 6.33. The van der Waals surface area contributed by atoms with Crippen molar-refractivity contribution >= 4 is 5.91 Å². The van der Waals surface area contributed by atoms with Crippen molar-refractivity contribution in [1.82, 2.24) is 4.90 Å². The third-order valence-electron chi connectivity index (χ3n) is 4.72. The minimum atomic E-state index is -0.390. The zero-order valence-electron chi connectivity index (χ0n) is 12.8. The van der Waals surface area contributed by atoms with Gasteiger partial charge in [-0.2, -0.15) is 0 Å². The van der Waals surface area contributed by atoms with Gasteiger partial charge in [0, 0.05) is 26.1 Å². The fourth-order valence-electron chi connectivity index (χ4n) is 3.27. The van der Waals surface area contributed by atoms with Crippen LogP contribution in [0.25, 0.3) is 0 Å². The first kappa shape index (κ1) is 14.4. The van der Waals surface area contributed by atoms with E-state index in [1.807, 2.05) is 11.0 Å². The van der Waals surface area contributed by atoms with Crippen LogP contribution in [0.5, 0.6) is 5.75 Å². The summed E-state index contributed by atoms with van der Waals surface area (Å²) in [5, 5.41) is 9.29. The second kappa shape index (κ2) is 5.68. The molecule has 1 N–H and O–H groups in total. The number of aryl methyl sites for hydroxylation is 2. The molecule has 0 radical (unpaired) electrons. The molecule has 4 nitrogen and oxygen atoms in total. The van der Waals surface area contributed by atoms with E-state index in [9.17, 15) is 9.90 Å². The Balaban J connectivity index is 1.70. The molecule has 1 amide bonds. The molecule has 1 aromatic rings. The molecule has 2 heterocycles. The lowest BCUT2D eigenvalue weighted by atomic mass is 9.98. The maximum absolute atomic E-state index is 12.6. The summed E-state index contributed by atoms with van der Waals surface area (Å²) in [6.07, 6.45) is 2.24. The third-order valence-corrected chi connectivity index (χ3v) is 4.72. The Morgan fingerprint density at radius 3 is 2.90 bits per heavy atom. The van der Waals surface area contributed by atoms with Gasteiger partial charge in [-0.05, 0) is 55.4 Å². The Labute approximate surface area is 125 Å². The largest absolute Gasteiger partial charge is 0.480 e. The van der Waals surface area contributed by atoms with Gasteiger partial charge in [-0.25, -0.2) is 0 Å². The number of hydrogen-bond donors (Lipinski definition) is 1. The van der Waals surface area contributed by atoms with Crippen LogP contribution in [0.4, 0.5) is 0 Å². The van der Waals surface area contributed by atoms with Crippen molar-refractivity contribution in [2.75, 3.05) is 19.7 Å². The Morgan fingerprint density at radius 2 is 2.14 bits per heavy atom. The monoisotopic (exact) mass is 289 g/mol. The SMILES string of the molecule is Cc1cc2c(cc1C)OC(C(=O)N1CCCC(CO)C1)C2. The lowest BCUT2D eigenvalue weighted by Gasteiger charge is -2.33. The molecule has 2 unspecified atom stereocenters. The average Bonchev–Trinajstić information content (AvgIpc) is 2.89. The molecule has 21 heavy (non-hydrogen) atoms. The van der Waals surface area contributed by atoms with E-state index < -0.39 is 6.10 Å². The number of piperidine rings is 1. The van der Waals surface area contributed by atoms with Crippen molar-refractivity contribution in [1.29, 1.82) is 0 Å². The predicted octanol–water partition coefficient (Wildman–Crippen LogP) is 1.84. The molecule has 0 aromatic heterocycles. The summed E-state index contributed by atoms with van der Waals surface area (Å²) in [4.78, 5) is 14.5. The molecule has 2 aliphatic rings. The van der Waals surface area contributed by atoms with Crippen molar-refractivity contribution < 1.29 is 14.6 Å². The molecule has 1 saturated heterocycles. The van der Waals surface area contributed by atoms with Crippen molar-refractivity contribution in [3.63, 3.8) is 0 Å². The molecule has 2 atom stereocenters. The van der Waals surface area contributed by atoms with Gasteiger partial charge in [0.1, 0.15) is 5.75 Å². The van der Waals surface area contributed by atoms with E-state index in [1.165, 1.54) is 11.1 Å². The lowest BCUT2D eigenvalue weighted by Crippen LogP contribution is -2.47. The first-order chi connectivity index (χ1) is 10.1. The van der Waals surface area contributed by atoms with Crippen LogP contribution in [0.1, 0.15) is 29.5 Å². The molecule has 114 valence electrons. The molecule has 0 spiro atoms. The Kier molecular flexibility index (Phi) is 3.89. The first-order valence-electron chi connectivity index (χ1n) is 7.75. The number of amides is 1. The highest BCUT2D eigenvalue weighted by atomic mass is 16.5. The number of nitrogens with zero attached hydrogens (tertiary/aromatic N) is 1. The van der Waals surface area contributed by atoms with Gasteiger partial charge in [-0.3, -0.25) is 4.79 Å². The summed E-state index contributed by atoms with van der Waals surface area (Å²) in [5.41, 5.74) is 3.57. The minimum absolute atomic E-state index is 0.0691. The molecule has 1 aromatic carbocycles. The van der Waals surface area contributed by atoms with Crippen LogP contribution >= 0.6 is 0 Å². The fourth-order valence-corrected chi connectivity index (χ4v) is 3.27. The van der Waals surface area contributed by atoms with Crippen molar-refractivity contribution in [3.8, 4) is 5.75 Å². The van der Waals surface area contributed by atoms with Gasteiger partial charge in [0.2, 0.25) is 0 Å². The number of rotatable bonds is 2. The Hall–Kier alpha value is -1.55. The maximum atomic E-state index is 12.6. The summed E-state index contributed by atoms with van der Waals surface area (Å²) in [6.45, 7) is 5.74. The molecule has 0 bridgehead atoms. The molecule has 0 saturated carbocycles. The molecule has 2 aliphatic heterocycles. The Morgan fingerprint density at radius 1 is 1.38 bits per heavy atom. The van der Waals surface area contributed by atoms with E-state index in [0.717, 1.165) is 30.7 Å². The second-order valence-corrected chi connectivity index (χ2v) is 6.33. The lowest BCUT2D eigenvalue weighted by molar-refractivity contribution is -0.140. The number of ether oxygens (including phenoxy) is 1. The summed E-state index contributed by atoms with van der Waals surface area (Å²) in [5.74, 6) is 1.14. The van der Waals surface area contributed by atoms with E-state index in [1.54, 1.807) is 0 Å². The average molecular weight is 289 g/mol. The van der Waals surface area contributed by atoms with Crippen LogP contribution in [-0.4, -0.2) is 41.7 Å². The van der Waals surface area contributed by atoms with E-state index in [2.05, 4.69) is 19.9 Å². The highest BCUT2D eigenvalue weighted by molar-refractivity contribution is 5.82. The molecule has 1 fully saturated rings. The van der Waals surface area contributed by atoms with E-state index in [4.69, 9.17) is 4.74 Å². The summed E-state index contributed by atoms with van der Waals surface area (Å²) in [7, 11) is 0. The van der Waals surface area contributed by atoms with Crippen LogP contribution in [0.15, 0.2) is 12.1 Å². The van der Waals surface area contributed by atoms with Crippen molar-refractivity contribution in [3.05, 3.63) is 28.8 Å². The summed E-state index contributed by atoms with van der Waals surface area (Å²) >= 11 is 0. The first-order valence-corrected chi connectivity index (χ1v) is 7.75. The number of aliphatic hydroxyl groups excluding tert-OH is 1. The number of hydrogen-bond acceptors (Lipinski definition) is 3. The maximum Gasteiger partial charge on any atom is 0.264 e. The summed E-state index contributed by atoms with van der Waals surface area (Å²) < 4.78 is 5.87. The molecular weight excluding hydrogens is 266 g/mol. The molecule has 3 rings (SSSR count). The van der Waals surface area contributed by atoms with E-state index in [-0.39, 0.29) is 18.4 Å². The standard InChI is InChI=1S/C17H23NO3/c1-11-6-14-8-16(21-15(14)7-12(11)2)17(20)18-5-3-4-13(9-18)10-19/h6-7,13,16,19H,3-5,8-10H2,1-2H3. The highest BCUT2D eigenvalue weighted by Gasteiger charge is 2.34. The number of carbonyl (C=O) groups is 1. The molecule has 4 heteroatoms. The fraction of sp³-hybridized carbons (Fsp3) is 0.588. The topological polar surface area (TPSA) is 49.8 Å². The van der Waals surface area contributed by atoms with Gasteiger partial charge in [-0.15, -0.1) is 0 Å². The van der Waals surface area contributed by atoms with Crippen LogP contribution in [-0.2, 0) is 11.2 Å². The number of likely N-dealkylation sites (tertiary alicyclic amines) is 1. The molecule has 0 aliphatic carbocycles. The Bertz CT molecular complexity index is 524. The van der Waals surface area contributed by atoms with Crippen LogP contribution in [0.2, 0.25) is 0 Å². The summed E-state index contributed by atoms with van der Waals surface area (Å²) in [6, 6.07) is 4.16. The van der Waals surface area contributed by atoms with E-state index >= 15 is 0 Å². The van der Waals surface area contributed by atoms with Gasteiger partial charge < -0.3 is 14.7 Å². The highest BCUT2D eigenvalue weighted by Crippen LogP contribution is 2.32. The minimum Gasteiger partial charge on any atom is -0.480 e.